The second-order valence-electron chi connectivity index (χ2n) is 13.4. The Kier molecular flexibility index (Phi) is 8.81. The molecule has 236 valence electrons. The van der Waals surface area contributed by atoms with E-state index in [0.717, 1.165) is 27.9 Å². The molecule has 0 saturated carbocycles. The highest BCUT2D eigenvalue weighted by atomic mass is 28.4. The predicted molar refractivity (Wildman–Crippen MR) is 185 cm³/mol. The van der Waals surface area contributed by atoms with E-state index in [0.29, 0.717) is 6.42 Å². The summed E-state index contributed by atoms with van der Waals surface area (Å²) in [6.07, 6.45) is 5.85. The van der Waals surface area contributed by atoms with Gasteiger partial charge < -0.3 is 9.16 Å². The summed E-state index contributed by atoms with van der Waals surface area (Å²) in [6, 6.07) is 31.4. The summed E-state index contributed by atoms with van der Waals surface area (Å²) in [7, 11) is -2.86. The first kappa shape index (κ1) is 31.6. The van der Waals surface area contributed by atoms with Gasteiger partial charge in [0.1, 0.15) is 11.9 Å². The van der Waals surface area contributed by atoms with Crippen LogP contribution in [-0.2, 0) is 14.0 Å². The van der Waals surface area contributed by atoms with Gasteiger partial charge in [-0.15, -0.1) is 0 Å². The van der Waals surface area contributed by atoms with Gasteiger partial charge >= 0.3 is 5.97 Å². The molecule has 1 aliphatic heterocycles. The molecule has 7 heteroatoms. The highest BCUT2D eigenvalue weighted by Crippen LogP contribution is 2.39. The van der Waals surface area contributed by atoms with Crippen LogP contribution >= 0.6 is 0 Å². The zero-order valence-corrected chi connectivity index (χ0v) is 28.1. The van der Waals surface area contributed by atoms with Crippen LogP contribution in [0.1, 0.15) is 64.5 Å². The van der Waals surface area contributed by atoms with Gasteiger partial charge in [-0.3, -0.25) is 4.79 Å². The zero-order valence-electron chi connectivity index (χ0n) is 27.1. The molecule has 0 aliphatic carbocycles. The Morgan fingerprint density at radius 3 is 2.15 bits per heavy atom. The topological polar surface area (TPSA) is 52.8 Å². The number of esters is 1. The molecule has 3 aromatic carbocycles. The Bertz CT molecular complexity index is 1800. The summed E-state index contributed by atoms with van der Waals surface area (Å²) in [4.78, 5) is 13.2. The van der Waals surface area contributed by atoms with Crippen LogP contribution in [0.5, 0.6) is 0 Å². The lowest BCUT2D eigenvalue weighted by Gasteiger charge is -2.46. The van der Waals surface area contributed by atoms with Crippen LogP contribution in [0.15, 0.2) is 109 Å². The van der Waals surface area contributed by atoms with Gasteiger partial charge in [0.05, 0.1) is 23.7 Å². The molecule has 0 amide bonds. The molecule has 2 aromatic heterocycles. The van der Waals surface area contributed by atoms with Crippen LogP contribution in [0.3, 0.4) is 0 Å². The molecule has 3 heterocycles. The van der Waals surface area contributed by atoms with E-state index in [1.807, 2.05) is 41.1 Å². The minimum atomic E-state index is -2.86. The van der Waals surface area contributed by atoms with E-state index in [4.69, 9.17) is 14.3 Å². The third-order valence-corrected chi connectivity index (χ3v) is 14.0. The summed E-state index contributed by atoms with van der Waals surface area (Å²) in [5.74, 6) is -0.390. The van der Waals surface area contributed by atoms with Crippen LogP contribution in [0.4, 0.5) is 4.39 Å². The molecule has 1 fully saturated rings. The molecule has 46 heavy (non-hydrogen) atoms. The average molecular weight is 633 g/mol. The minimum Gasteiger partial charge on any atom is -0.458 e. The van der Waals surface area contributed by atoms with Gasteiger partial charge in [-0.2, -0.15) is 5.10 Å². The molecular formula is C39H41FN2O3Si. The molecule has 5 aromatic rings. The monoisotopic (exact) mass is 632 g/mol. The van der Waals surface area contributed by atoms with E-state index < -0.39 is 14.4 Å². The molecule has 2 unspecified atom stereocenters. The van der Waals surface area contributed by atoms with Crippen LogP contribution in [0, 0.1) is 5.82 Å². The molecular weight excluding hydrogens is 592 g/mol. The van der Waals surface area contributed by atoms with Gasteiger partial charge in [-0.05, 0) is 69.4 Å². The fraction of sp³-hybridized carbons (Fsp3) is 0.282. The third-order valence-electron chi connectivity index (χ3n) is 8.86. The molecule has 5 nitrogen and oxygen atoms in total. The lowest BCUT2D eigenvalue weighted by atomic mass is 9.92. The third kappa shape index (κ3) is 6.09. The number of carbonyl (C=O) groups is 1. The number of carbonyl (C=O) groups excluding carboxylic acids is 1. The standard InChI is InChI=1S/C39H41FN2O3Si/c1-27(2)37-34(38(28-18-20-29(40)21-19-28)41-42-24-12-17-35(37)42)23-22-30-25-31(26-36(43)44-30)45-46(39(3,4)5,32-13-8-6-9-14-32)33-15-10-7-11-16-33/h6-24,27,30-31H,25-26H2,1-5H3. The second-order valence-corrected chi connectivity index (χ2v) is 17.7. The summed E-state index contributed by atoms with van der Waals surface area (Å²) in [5.41, 5.74) is 4.61. The second kappa shape index (κ2) is 12.8. The van der Waals surface area contributed by atoms with Crippen molar-refractivity contribution >= 4 is 36.3 Å². The molecule has 0 bridgehead atoms. The lowest BCUT2D eigenvalue weighted by molar-refractivity contribution is -0.155. The number of nitrogens with zero attached hydrogens (tertiary/aromatic N) is 2. The fourth-order valence-electron chi connectivity index (χ4n) is 6.84. The van der Waals surface area contributed by atoms with Gasteiger partial charge in [0.25, 0.3) is 8.32 Å². The van der Waals surface area contributed by atoms with Crippen molar-refractivity contribution in [3.63, 3.8) is 0 Å². The smallest absolute Gasteiger partial charge is 0.308 e. The zero-order chi connectivity index (χ0) is 32.5. The Hall–Kier alpha value is -4.33. The first-order valence-corrected chi connectivity index (χ1v) is 17.9. The SMILES string of the molecule is CC(C)c1c(C=CC2CC(O[Si](c3ccccc3)(c3ccccc3)C(C)(C)C)CC(=O)O2)c(-c2ccc(F)cc2)nn2cccc12. The largest absolute Gasteiger partial charge is 0.458 e. The predicted octanol–water partition coefficient (Wildman–Crippen LogP) is 7.93. The van der Waals surface area contributed by atoms with Crippen molar-refractivity contribution in [1.82, 2.24) is 9.61 Å². The Morgan fingerprint density at radius 2 is 1.57 bits per heavy atom. The van der Waals surface area contributed by atoms with E-state index >= 15 is 0 Å². The number of rotatable bonds is 8. The summed E-state index contributed by atoms with van der Waals surface area (Å²) < 4.78 is 29.0. The molecule has 0 N–H and O–H groups in total. The van der Waals surface area contributed by atoms with E-state index in [9.17, 15) is 9.18 Å². The van der Waals surface area contributed by atoms with E-state index in [-0.39, 0.29) is 35.3 Å². The van der Waals surface area contributed by atoms with E-state index in [1.165, 1.54) is 22.5 Å². The van der Waals surface area contributed by atoms with Crippen LogP contribution < -0.4 is 10.4 Å². The van der Waals surface area contributed by atoms with Gasteiger partial charge in [0, 0.05) is 23.7 Å². The molecule has 0 radical (unpaired) electrons. The highest BCUT2D eigenvalue weighted by Gasteiger charge is 2.52. The average Bonchev–Trinajstić information content (AvgIpc) is 3.50. The summed E-state index contributed by atoms with van der Waals surface area (Å²) in [5, 5.41) is 7.07. The maximum atomic E-state index is 13.9. The number of hydrogen-bond acceptors (Lipinski definition) is 4. The van der Waals surface area contributed by atoms with Crippen molar-refractivity contribution in [3.05, 3.63) is 126 Å². The van der Waals surface area contributed by atoms with E-state index in [2.05, 4.69) is 89.2 Å². The number of cyclic esters (lactones) is 1. The van der Waals surface area contributed by atoms with Gasteiger partial charge in [0.15, 0.2) is 0 Å². The number of aromatic nitrogens is 2. The molecule has 1 aliphatic rings. The quantitative estimate of drug-likeness (QED) is 0.129. The molecule has 6 rings (SSSR count). The van der Waals surface area contributed by atoms with Crippen LogP contribution in [0.25, 0.3) is 22.9 Å². The van der Waals surface area contributed by atoms with Crippen molar-refractivity contribution in [1.29, 1.82) is 0 Å². The Labute approximate surface area is 271 Å². The minimum absolute atomic E-state index is 0.180. The van der Waals surface area contributed by atoms with Crippen molar-refractivity contribution < 1.29 is 18.3 Å². The number of fused-ring (bicyclic) bond motifs is 1. The van der Waals surface area contributed by atoms with Gasteiger partial charge in [0.2, 0.25) is 0 Å². The van der Waals surface area contributed by atoms with E-state index in [1.54, 1.807) is 12.1 Å². The highest BCUT2D eigenvalue weighted by molar-refractivity contribution is 6.99. The molecule has 2 atom stereocenters. The van der Waals surface area contributed by atoms with Crippen molar-refractivity contribution in [3.8, 4) is 11.3 Å². The van der Waals surface area contributed by atoms with Crippen LogP contribution in [0.2, 0.25) is 5.04 Å². The fourth-order valence-corrected chi connectivity index (χ4v) is 11.5. The first-order chi connectivity index (χ1) is 22.1. The van der Waals surface area contributed by atoms with Crippen molar-refractivity contribution in [2.45, 2.75) is 70.6 Å². The normalized spacial score (nSPS) is 17.6. The first-order valence-electron chi connectivity index (χ1n) is 16.0. The Morgan fingerprint density at radius 1 is 0.935 bits per heavy atom. The number of ether oxygens (including phenoxy) is 1. The van der Waals surface area contributed by atoms with Crippen molar-refractivity contribution in [2.24, 2.45) is 0 Å². The Balaban J connectivity index is 1.39. The number of hydrogen-bond donors (Lipinski definition) is 0. The van der Waals surface area contributed by atoms with Crippen LogP contribution in [-0.4, -0.2) is 36.1 Å². The summed E-state index contributed by atoms with van der Waals surface area (Å²) in [6.45, 7) is 11.0. The molecule has 0 spiro atoms. The van der Waals surface area contributed by atoms with Gasteiger partial charge in [-0.1, -0.05) is 101 Å². The van der Waals surface area contributed by atoms with Gasteiger partial charge in [-0.25, -0.2) is 8.91 Å². The van der Waals surface area contributed by atoms with Crippen molar-refractivity contribution in [2.75, 3.05) is 0 Å². The molecule has 1 saturated heterocycles. The maximum Gasteiger partial charge on any atom is 0.308 e. The lowest BCUT2D eigenvalue weighted by Crippen LogP contribution is -2.68. The number of benzene rings is 3. The summed E-state index contributed by atoms with van der Waals surface area (Å²) >= 11 is 0. The number of halogens is 1. The maximum absolute atomic E-state index is 13.9.